The van der Waals surface area contributed by atoms with Crippen LogP contribution >= 0.6 is 0 Å². The number of rotatable bonds is 2. The molecule has 0 saturated carbocycles. The summed E-state index contributed by atoms with van der Waals surface area (Å²) in [4.78, 5) is 26.9. The minimum Gasteiger partial charge on any atom is -0.267 e. The van der Waals surface area contributed by atoms with Crippen molar-refractivity contribution in [3.05, 3.63) is 65.5 Å². The summed E-state index contributed by atoms with van der Waals surface area (Å²) in [5.41, 5.74) is 3.40. The fourth-order valence-electron chi connectivity index (χ4n) is 1.46. The summed E-state index contributed by atoms with van der Waals surface area (Å²) in [6, 6.07) is 6.03. The predicted octanol–water partition coefficient (Wildman–Crippen LogP) is 1.43. The van der Waals surface area contributed by atoms with Crippen LogP contribution in [0.25, 0.3) is 0 Å². The van der Waals surface area contributed by atoms with Crippen LogP contribution in [0.3, 0.4) is 0 Å². The highest BCUT2D eigenvalue weighted by Gasteiger charge is 2.17. The molecule has 7 heteroatoms. The van der Waals surface area contributed by atoms with E-state index in [0.29, 0.717) is 0 Å². The molecular weight excluding hydrogens is 268 g/mol. The Balaban J connectivity index is 2.05. The third-order valence-corrected chi connectivity index (χ3v) is 2.40. The van der Waals surface area contributed by atoms with Gasteiger partial charge < -0.3 is 0 Å². The van der Waals surface area contributed by atoms with E-state index < -0.39 is 29.0 Å². The second-order valence-electron chi connectivity index (χ2n) is 3.75. The number of carbonyl (C=O) groups is 2. The molecule has 2 rings (SSSR count). The lowest BCUT2D eigenvalue weighted by atomic mass is 10.2. The molecule has 2 aromatic rings. The number of amides is 2. The van der Waals surface area contributed by atoms with Crippen molar-refractivity contribution in [3.63, 3.8) is 0 Å². The highest BCUT2D eigenvalue weighted by molar-refractivity contribution is 5.99. The first-order chi connectivity index (χ1) is 9.59. The maximum atomic E-state index is 13.3. The van der Waals surface area contributed by atoms with Gasteiger partial charge in [0.25, 0.3) is 11.8 Å². The second-order valence-corrected chi connectivity index (χ2v) is 3.75. The number of carbonyl (C=O) groups excluding carboxylic acids is 2. The standard InChI is InChI=1S/C13H9F2N3O2/c14-9-4-1-5-10(15)11(9)13(20)18-17-12(19)8-3-2-6-16-7-8/h1-7H,(H,17,19)(H,18,20). The minimum absolute atomic E-state index is 0.196. The molecule has 2 amide bonds. The van der Waals surface area contributed by atoms with Crippen LogP contribution < -0.4 is 10.9 Å². The maximum absolute atomic E-state index is 13.3. The van der Waals surface area contributed by atoms with Crippen molar-refractivity contribution in [3.8, 4) is 0 Å². The van der Waals surface area contributed by atoms with Gasteiger partial charge in [0.2, 0.25) is 0 Å². The van der Waals surface area contributed by atoms with E-state index in [4.69, 9.17) is 0 Å². The molecule has 1 aromatic carbocycles. The largest absolute Gasteiger partial charge is 0.275 e. The van der Waals surface area contributed by atoms with E-state index in [1.807, 2.05) is 10.9 Å². The summed E-state index contributed by atoms with van der Waals surface area (Å²) in [7, 11) is 0. The first-order valence-corrected chi connectivity index (χ1v) is 5.54. The monoisotopic (exact) mass is 277 g/mol. The summed E-state index contributed by atoms with van der Waals surface area (Å²) in [6.07, 6.45) is 2.76. The number of aromatic nitrogens is 1. The van der Waals surface area contributed by atoms with E-state index >= 15 is 0 Å². The maximum Gasteiger partial charge on any atom is 0.275 e. The molecule has 0 aliphatic rings. The molecule has 0 bridgehead atoms. The van der Waals surface area contributed by atoms with Crippen molar-refractivity contribution < 1.29 is 18.4 Å². The number of hydrazine groups is 1. The summed E-state index contributed by atoms with van der Waals surface area (Å²) < 4.78 is 26.6. The number of nitrogens with zero attached hydrogens (tertiary/aromatic N) is 1. The Morgan fingerprint density at radius 1 is 0.950 bits per heavy atom. The molecule has 0 fully saturated rings. The first kappa shape index (κ1) is 13.6. The first-order valence-electron chi connectivity index (χ1n) is 5.54. The summed E-state index contributed by atoms with van der Waals surface area (Å²) in [5, 5.41) is 0. The fraction of sp³-hybridized carbons (Fsp3) is 0. The average molecular weight is 277 g/mol. The van der Waals surface area contributed by atoms with Crippen molar-refractivity contribution in [2.75, 3.05) is 0 Å². The van der Waals surface area contributed by atoms with Gasteiger partial charge in [0.15, 0.2) is 0 Å². The van der Waals surface area contributed by atoms with E-state index in [0.717, 1.165) is 18.2 Å². The van der Waals surface area contributed by atoms with Gasteiger partial charge in [0.1, 0.15) is 17.2 Å². The summed E-state index contributed by atoms with van der Waals surface area (Å²) >= 11 is 0. The lowest BCUT2D eigenvalue weighted by molar-refractivity contribution is 0.0841. The Morgan fingerprint density at radius 2 is 1.60 bits per heavy atom. The zero-order chi connectivity index (χ0) is 14.5. The van der Waals surface area contributed by atoms with Gasteiger partial charge in [-0.2, -0.15) is 0 Å². The molecule has 1 aromatic heterocycles. The van der Waals surface area contributed by atoms with E-state index in [9.17, 15) is 18.4 Å². The van der Waals surface area contributed by atoms with Crippen LogP contribution in [0.5, 0.6) is 0 Å². The Morgan fingerprint density at radius 3 is 2.20 bits per heavy atom. The van der Waals surface area contributed by atoms with E-state index in [1.54, 1.807) is 0 Å². The van der Waals surface area contributed by atoms with Crippen molar-refractivity contribution in [2.24, 2.45) is 0 Å². The molecule has 0 aliphatic heterocycles. The van der Waals surface area contributed by atoms with Crippen LogP contribution in [0.15, 0.2) is 42.7 Å². The molecule has 0 saturated heterocycles. The molecule has 5 nitrogen and oxygen atoms in total. The van der Waals surface area contributed by atoms with Crippen molar-refractivity contribution in [1.29, 1.82) is 0 Å². The Bertz CT molecular complexity index is 627. The molecule has 0 atom stereocenters. The van der Waals surface area contributed by atoms with Crippen LogP contribution in [0, 0.1) is 11.6 Å². The highest BCUT2D eigenvalue weighted by Crippen LogP contribution is 2.11. The molecule has 20 heavy (non-hydrogen) atoms. The number of benzene rings is 1. The van der Waals surface area contributed by atoms with Gasteiger partial charge in [-0.15, -0.1) is 0 Å². The smallest absolute Gasteiger partial charge is 0.267 e. The SMILES string of the molecule is O=C(NNC(=O)c1c(F)cccc1F)c1cccnc1. The number of nitrogens with one attached hydrogen (secondary N) is 2. The molecule has 0 unspecified atom stereocenters. The molecule has 1 heterocycles. The van der Waals surface area contributed by atoms with Crippen LogP contribution in [0.1, 0.15) is 20.7 Å². The van der Waals surface area contributed by atoms with Crippen LogP contribution in [-0.4, -0.2) is 16.8 Å². The van der Waals surface area contributed by atoms with E-state index in [-0.39, 0.29) is 5.56 Å². The molecular formula is C13H9F2N3O2. The number of pyridine rings is 1. The zero-order valence-electron chi connectivity index (χ0n) is 10.1. The zero-order valence-corrected chi connectivity index (χ0v) is 10.1. The molecule has 0 aliphatic carbocycles. The lowest BCUT2D eigenvalue weighted by Gasteiger charge is -2.08. The topological polar surface area (TPSA) is 71.1 Å². The van der Waals surface area contributed by atoms with Crippen LogP contribution in [-0.2, 0) is 0 Å². The van der Waals surface area contributed by atoms with Gasteiger partial charge in [0.05, 0.1) is 5.56 Å². The van der Waals surface area contributed by atoms with Crippen molar-refractivity contribution in [1.82, 2.24) is 15.8 Å². The van der Waals surface area contributed by atoms with Crippen molar-refractivity contribution in [2.45, 2.75) is 0 Å². The predicted molar refractivity (Wildman–Crippen MR) is 65.5 cm³/mol. The lowest BCUT2D eigenvalue weighted by Crippen LogP contribution is -2.42. The highest BCUT2D eigenvalue weighted by atomic mass is 19.1. The van der Waals surface area contributed by atoms with E-state index in [1.165, 1.54) is 24.5 Å². The Labute approximate surface area is 112 Å². The average Bonchev–Trinajstić information content (AvgIpc) is 2.45. The van der Waals surface area contributed by atoms with Gasteiger partial charge in [-0.05, 0) is 24.3 Å². The van der Waals surface area contributed by atoms with Gasteiger partial charge in [-0.1, -0.05) is 6.07 Å². The van der Waals surface area contributed by atoms with Crippen LogP contribution in [0.2, 0.25) is 0 Å². The third-order valence-electron chi connectivity index (χ3n) is 2.40. The normalized spacial score (nSPS) is 9.90. The van der Waals surface area contributed by atoms with Gasteiger partial charge in [-0.3, -0.25) is 25.4 Å². The number of hydrogen-bond acceptors (Lipinski definition) is 3. The van der Waals surface area contributed by atoms with Gasteiger partial charge in [0, 0.05) is 12.4 Å². The summed E-state index contributed by atoms with van der Waals surface area (Å²) in [5.74, 6) is -3.77. The fourth-order valence-corrected chi connectivity index (χ4v) is 1.46. The quantitative estimate of drug-likeness (QED) is 0.816. The molecule has 0 radical (unpaired) electrons. The molecule has 2 N–H and O–H groups in total. The minimum atomic E-state index is -1.09. The summed E-state index contributed by atoms with van der Waals surface area (Å²) in [6.45, 7) is 0. The number of hydrogen-bond donors (Lipinski definition) is 2. The third kappa shape index (κ3) is 2.94. The van der Waals surface area contributed by atoms with Gasteiger partial charge in [-0.25, -0.2) is 8.78 Å². The Hall–Kier alpha value is -2.83. The van der Waals surface area contributed by atoms with E-state index in [2.05, 4.69) is 4.98 Å². The molecule has 102 valence electrons. The van der Waals surface area contributed by atoms with Gasteiger partial charge >= 0.3 is 0 Å². The van der Waals surface area contributed by atoms with Crippen LogP contribution in [0.4, 0.5) is 8.78 Å². The van der Waals surface area contributed by atoms with Crippen molar-refractivity contribution >= 4 is 11.8 Å². The number of halogens is 2. The second kappa shape index (κ2) is 5.87. The Kier molecular flexibility index (Phi) is 3.99. The molecule has 0 spiro atoms.